The van der Waals surface area contributed by atoms with Crippen LogP contribution in [0.15, 0.2) is 78.9 Å². The van der Waals surface area contributed by atoms with Gasteiger partial charge in [-0.2, -0.15) is 0 Å². The van der Waals surface area contributed by atoms with Crippen LogP contribution < -0.4 is 5.32 Å². The lowest BCUT2D eigenvalue weighted by molar-refractivity contribution is -0.122. The number of phenolic OH excluding ortho intramolecular Hbond substituents is 1. The minimum absolute atomic E-state index is 0.0330. The van der Waals surface area contributed by atoms with Gasteiger partial charge in [-0.1, -0.05) is 66.7 Å². The number of phenols is 1. The smallest absolute Gasteiger partial charge is 0.227 e. The predicted octanol–water partition coefficient (Wildman–Crippen LogP) is 4.45. The molecule has 27 heavy (non-hydrogen) atoms. The average molecular weight is 359 g/mol. The van der Waals surface area contributed by atoms with Crippen molar-refractivity contribution in [3.63, 3.8) is 0 Å². The fourth-order valence-electron chi connectivity index (χ4n) is 3.10. The van der Waals surface area contributed by atoms with Gasteiger partial charge in [0.05, 0.1) is 5.92 Å². The van der Waals surface area contributed by atoms with Crippen molar-refractivity contribution in [1.82, 2.24) is 5.32 Å². The van der Waals surface area contributed by atoms with Crippen LogP contribution in [-0.4, -0.2) is 17.6 Å². The molecule has 0 radical (unpaired) electrons. The van der Waals surface area contributed by atoms with E-state index in [1.54, 1.807) is 12.1 Å². The molecule has 0 bridgehead atoms. The van der Waals surface area contributed by atoms with Gasteiger partial charge in [-0.3, -0.25) is 4.79 Å². The highest BCUT2D eigenvalue weighted by molar-refractivity contribution is 5.83. The molecule has 1 atom stereocenters. The molecule has 1 amide bonds. The van der Waals surface area contributed by atoms with E-state index in [2.05, 4.69) is 29.6 Å². The SMILES string of the molecule is C[C@H](C(=O)NCCc1ccc(O)cc1)c1cccc(Cc2ccccc2)c1. The first-order valence-electron chi connectivity index (χ1n) is 9.30. The third-order valence-corrected chi connectivity index (χ3v) is 4.74. The minimum atomic E-state index is -0.194. The number of aromatic hydroxyl groups is 1. The lowest BCUT2D eigenvalue weighted by Crippen LogP contribution is -2.29. The van der Waals surface area contributed by atoms with E-state index in [9.17, 15) is 9.90 Å². The zero-order chi connectivity index (χ0) is 19.1. The second kappa shape index (κ2) is 9.04. The van der Waals surface area contributed by atoms with Crippen LogP contribution in [0.5, 0.6) is 5.75 Å². The Balaban J connectivity index is 1.56. The summed E-state index contributed by atoms with van der Waals surface area (Å²) in [5.41, 5.74) is 4.60. The van der Waals surface area contributed by atoms with Gasteiger partial charge in [0, 0.05) is 6.54 Å². The van der Waals surface area contributed by atoms with Crippen LogP contribution in [0, 0.1) is 0 Å². The van der Waals surface area contributed by atoms with Crippen LogP contribution in [0.4, 0.5) is 0 Å². The van der Waals surface area contributed by atoms with Gasteiger partial charge >= 0.3 is 0 Å². The van der Waals surface area contributed by atoms with Gasteiger partial charge in [-0.25, -0.2) is 0 Å². The fraction of sp³-hybridized carbons (Fsp3) is 0.208. The van der Waals surface area contributed by atoms with E-state index in [1.807, 2.05) is 49.4 Å². The maximum Gasteiger partial charge on any atom is 0.227 e. The fourth-order valence-corrected chi connectivity index (χ4v) is 3.10. The molecule has 0 aromatic heterocycles. The van der Waals surface area contributed by atoms with Crippen molar-refractivity contribution >= 4 is 5.91 Å². The first kappa shape index (κ1) is 18.7. The van der Waals surface area contributed by atoms with Crippen LogP contribution in [0.3, 0.4) is 0 Å². The molecule has 0 aliphatic carbocycles. The van der Waals surface area contributed by atoms with E-state index in [0.29, 0.717) is 6.54 Å². The first-order chi connectivity index (χ1) is 13.1. The largest absolute Gasteiger partial charge is 0.508 e. The van der Waals surface area contributed by atoms with Gasteiger partial charge in [0.1, 0.15) is 5.75 Å². The molecule has 0 heterocycles. The van der Waals surface area contributed by atoms with Gasteiger partial charge in [0.2, 0.25) is 5.91 Å². The Kier molecular flexibility index (Phi) is 6.26. The second-order valence-electron chi connectivity index (χ2n) is 6.84. The Morgan fingerprint density at radius 2 is 1.59 bits per heavy atom. The van der Waals surface area contributed by atoms with Crippen molar-refractivity contribution in [1.29, 1.82) is 0 Å². The number of carbonyl (C=O) groups is 1. The highest BCUT2D eigenvalue weighted by Crippen LogP contribution is 2.19. The van der Waals surface area contributed by atoms with Crippen LogP contribution in [0.25, 0.3) is 0 Å². The van der Waals surface area contributed by atoms with Gasteiger partial charge in [-0.15, -0.1) is 0 Å². The van der Waals surface area contributed by atoms with E-state index >= 15 is 0 Å². The van der Waals surface area contributed by atoms with Gasteiger partial charge in [0.25, 0.3) is 0 Å². The summed E-state index contributed by atoms with van der Waals surface area (Å²) < 4.78 is 0. The van der Waals surface area contributed by atoms with Gasteiger partial charge < -0.3 is 10.4 Å². The molecule has 0 saturated carbocycles. The van der Waals surface area contributed by atoms with Crippen LogP contribution in [-0.2, 0) is 17.6 Å². The van der Waals surface area contributed by atoms with E-state index in [0.717, 1.165) is 24.0 Å². The molecule has 0 spiro atoms. The molecular formula is C24H25NO2. The maximum absolute atomic E-state index is 12.5. The van der Waals surface area contributed by atoms with Crippen molar-refractivity contribution in [2.24, 2.45) is 0 Å². The summed E-state index contributed by atoms with van der Waals surface area (Å²) in [6, 6.07) is 25.7. The molecule has 0 saturated heterocycles. The number of benzene rings is 3. The molecule has 3 rings (SSSR count). The monoisotopic (exact) mass is 359 g/mol. The first-order valence-corrected chi connectivity index (χ1v) is 9.30. The van der Waals surface area contributed by atoms with Crippen molar-refractivity contribution in [2.75, 3.05) is 6.54 Å². The molecule has 0 aliphatic heterocycles. The Hall–Kier alpha value is -3.07. The second-order valence-corrected chi connectivity index (χ2v) is 6.84. The zero-order valence-electron chi connectivity index (χ0n) is 15.6. The molecule has 0 unspecified atom stereocenters. The molecule has 3 aromatic carbocycles. The van der Waals surface area contributed by atoms with Crippen molar-refractivity contribution < 1.29 is 9.90 Å². The van der Waals surface area contributed by atoms with Crippen molar-refractivity contribution in [3.8, 4) is 5.75 Å². The standard InChI is InChI=1S/C24H25NO2/c1-18(24(27)25-15-14-19-10-12-23(26)13-11-19)22-9-5-8-21(17-22)16-20-6-3-2-4-7-20/h2-13,17-18,26H,14-16H2,1H3,(H,25,27)/t18-/m0/s1. The van der Waals surface area contributed by atoms with Crippen LogP contribution in [0.2, 0.25) is 0 Å². The summed E-state index contributed by atoms with van der Waals surface area (Å²) in [6.07, 6.45) is 1.61. The lowest BCUT2D eigenvalue weighted by atomic mass is 9.96. The Morgan fingerprint density at radius 1 is 0.889 bits per heavy atom. The van der Waals surface area contributed by atoms with Gasteiger partial charge in [0.15, 0.2) is 0 Å². The molecule has 0 aliphatic rings. The third kappa shape index (κ3) is 5.45. The quantitative estimate of drug-likeness (QED) is 0.655. The maximum atomic E-state index is 12.5. The molecule has 138 valence electrons. The Bertz CT molecular complexity index is 872. The Morgan fingerprint density at radius 3 is 2.33 bits per heavy atom. The van der Waals surface area contributed by atoms with Crippen LogP contribution >= 0.6 is 0 Å². The molecular weight excluding hydrogens is 334 g/mol. The van der Waals surface area contributed by atoms with E-state index in [4.69, 9.17) is 0 Å². The topological polar surface area (TPSA) is 49.3 Å². The number of rotatable bonds is 7. The summed E-state index contributed by atoms with van der Waals surface area (Å²) in [6.45, 7) is 2.52. The zero-order valence-corrected chi connectivity index (χ0v) is 15.6. The molecule has 2 N–H and O–H groups in total. The summed E-state index contributed by atoms with van der Waals surface area (Å²) in [5.74, 6) is 0.0953. The molecule has 3 aromatic rings. The van der Waals surface area contributed by atoms with Crippen molar-refractivity contribution in [2.45, 2.75) is 25.7 Å². The molecule has 3 nitrogen and oxygen atoms in total. The van der Waals surface area contributed by atoms with Crippen LogP contribution in [0.1, 0.15) is 35.1 Å². The summed E-state index contributed by atoms with van der Waals surface area (Å²) in [5, 5.41) is 12.3. The minimum Gasteiger partial charge on any atom is -0.508 e. The number of amides is 1. The predicted molar refractivity (Wildman–Crippen MR) is 109 cm³/mol. The lowest BCUT2D eigenvalue weighted by Gasteiger charge is -2.14. The summed E-state index contributed by atoms with van der Waals surface area (Å²) in [4.78, 5) is 12.5. The highest BCUT2D eigenvalue weighted by Gasteiger charge is 2.15. The van der Waals surface area contributed by atoms with E-state index in [1.165, 1.54) is 11.1 Å². The normalized spacial score (nSPS) is 11.7. The summed E-state index contributed by atoms with van der Waals surface area (Å²) in [7, 11) is 0. The van der Waals surface area contributed by atoms with E-state index in [-0.39, 0.29) is 17.6 Å². The van der Waals surface area contributed by atoms with Gasteiger partial charge in [-0.05, 0) is 54.2 Å². The molecule has 3 heteroatoms. The summed E-state index contributed by atoms with van der Waals surface area (Å²) >= 11 is 0. The number of nitrogens with one attached hydrogen (secondary N) is 1. The third-order valence-electron chi connectivity index (χ3n) is 4.74. The highest BCUT2D eigenvalue weighted by atomic mass is 16.3. The Labute approximate surface area is 160 Å². The average Bonchev–Trinajstić information content (AvgIpc) is 2.70. The molecule has 0 fully saturated rings. The number of hydrogen-bond acceptors (Lipinski definition) is 2. The number of hydrogen-bond donors (Lipinski definition) is 2. The van der Waals surface area contributed by atoms with Crippen molar-refractivity contribution in [3.05, 3.63) is 101 Å². The van der Waals surface area contributed by atoms with E-state index < -0.39 is 0 Å². The number of carbonyl (C=O) groups excluding carboxylic acids is 1.